The summed E-state index contributed by atoms with van der Waals surface area (Å²) in [5.41, 5.74) is 0.609. The largest absolute Gasteiger partial charge is 0.478 e. The molecule has 0 aliphatic rings. The third kappa shape index (κ3) is 3.56. The molecule has 0 saturated carbocycles. The first-order chi connectivity index (χ1) is 7.61. The Kier molecular flexibility index (Phi) is 4.26. The number of hydrogen-bond acceptors (Lipinski definition) is 4. The lowest BCUT2D eigenvalue weighted by molar-refractivity contribution is -0.118. The fourth-order valence-electron chi connectivity index (χ4n) is 1.15. The van der Waals surface area contributed by atoms with Crippen molar-refractivity contribution in [3.8, 4) is 0 Å². The molecule has 3 N–H and O–H groups in total. The number of carbonyl (C=O) groups excluding carboxylic acids is 1. The molecule has 0 unspecified atom stereocenters. The van der Waals surface area contributed by atoms with Crippen LogP contribution in [0.2, 0.25) is 0 Å². The molecule has 0 saturated heterocycles. The van der Waals surface area contributed by atoms with Crippen molar-refractivity contribution < 1.29 is 14.7 Å². The zero-order chi connectivity index (χ0) is 12.0. The Labute approximate surface area is 92.7 Å². The number of amides is 1. The molecule has 0 bridgehead atoms. The Bertz CT molecular complexity index is 393. The minimum atomic E-state index is -1.03. The maximum Gasteiger partial charge on any atom is 0.339 e. The van der Waals surface area contributed by atoms with Crippen molar-refractivity contribution >= 4 is 17.6 Å². The van der Waals surface area contributed by atoms with Crippen molar-refractivity contribution in [2.24, 2.45) is 0 Å². The second-order valence-corrected chi connectivity index (χ2v) is 3.14. The summed E-state index contributed by atoms with van der Waals surface area (Å²) < 4.78 is 0. The first-order valence-corrected chi connectivity index (χ1v) is 4.77. The number of nitrogens with zero attached hydrogens (tertiary/aromatic N) is 1. The first kappa shape index (κ1) is 12.0. The van der Waals surface area contributed by atoms with E-state index in [1.807, 2.05) is 0 Å². The van der Waals surface area contributed by atoms with E-state index in [9.17, 15) is 9.59 Å². The van der Waals surface area contributed by atoms with Gasteiger partial charge < -0.3 is 15.7 Å². The molecule has 86 valence electrons. The summed E-state index contributed by atoms with van der Waals surface area (Å²) in [4.78, 5) is 25.1. The highest BCUT2D eigenvalue weighted by Crippen LogP contribution is 2.12. The Morgan fingerprint density at radius 1 is 1.44 bits per heavy atom. The van der Waals surface area contributed by atoms with Crippen molar-refractivity contribution in [3.05, 3.63) is 24.0 Å². The SMILES string of the molecule is CC(=O)NCCNc1ccncc1C(=O)O. The lowest BCUT2D eigenvalue weighted by Crippen LogP contribution is -2.26. The van der Waals surface area contributed by atoms with Crippen LogP contribution < -0.4 is 10.6 Å². The fourth-order valence-corrected chi connectivity index (χ4v) is 1.15. The predicted octanol–water partition coefficient (Wildman–Crippen LogP) is 0.328. The van der Waals surface area contributed by atoms with Crippen LogP contribution >= 0.6 is 0 Å². The Hall–Kier alpha value is -2.11. The molecule has 1 heterocycles. The maximum absolute atomic E-state index is 10.8. The average molecular weight is 223 g/mol. The highest BCUT2D eigenvalue weighted by Gasteiger charge is 2.08. The molecule has 6 heteroatoms. The minimum absolute atomic E-state index is 0.116. The molecular weight excluding hydrogens is 210 g/mol. The lowest BCUT2D eigenvalue weighted by Gasteiger charge is -2.08. The van der Waals surface area contributed by atoms with Crippen LogP contribution in [0.5, 0.6) is 0 Å². The molecule has 1 aromatic rings. The van der Waals surface area contributed by atoms with Gasteiger partial charge in [0.2, 0.25) is 5.91 Å². The highest BCUT2D eigenvalue weighted by molar-refractivity contribution is 5.93. The minimum Gasteiger partial charge on any atom is -0.478 e. The van der Waals surface area contributed by atoms with Crippen molar-refractivity contribution in [1.82, 2.24) is 10.3 Å². The quantitative estimate of drug-likeness (QED) is 0.625. The van der Waals surface area contributed by atoms with Crippen LogP contribution in [0.15, 0.2) is 18.5 Å². The Morgan fingerprint density at radius 2 is 2.19 bits per heavy atom. The number of aromatic nitrogens is 1. The van der Waals surface area contributed by atoms with Gasteiger partial charge in [-0.3, -0.25) is 9.78 Å². The van der Waals surface area contributed by atoms with Crippen molar-refractivity contribution in [3.63, 3.8) is 0 Å². The van der Waals surface area contributed by atoms with Crippen LogP contribution in [0.4, 0.5) is 5.69 Å². The standard InChI is InChI=1S/C10H13N3O3/c1-7(14)12-4-5-13-9-2-3-11-6-8(9)10(15)16/h2-3,6H,4-5H2,1H3,(H,11,13)(H,12,14)(H,15,16). The van der Waals surface area contributed by atoms with Gasteiger partial charge in [0.1, 0.15) is 5.56 Å². The number of nitrogens with one attached hydrogen (secondary N) is 2. The topological polar surface area (TPSA) is 91.3 Å². The molecule has 0 radical (unpaired) electrons. The zero-order valence-electron chi connectivity index (χ0n) is 8.86. The predicted molar refractivity (Wildman–Crippen MR) is 58.4 cm³/mol. The van der Waals surface area contributed by atoms with E-state index in [1.54, 1.807) is 6.07 Å². The summed E-state index contributed by atoms with van der Waals surface area (Å²) in [5.74, 6) is -1.15. The van der Waals surface area contributed by atoms with E-state index < -0.39 is 5.97 Å². The summed E-state index contributed by atoms with van der Waals surface area (Å²) in [6.45, 7) is 2.33. The summed E-state index contributed by atoms with van der Waals surface area (Å²) in [6.07, 6.45) is 2.79. The van der Waals surface area contributed by atoms with E-state index in [0.29, 0.717) is 18.8 Å². The molecule has 0 aliphatic carbocycles. The monoisotopic (exact) mass is 223 g/mol. The van der Waals surface area contributed by atoms with Crippen molar-refractivity contribution in [2.75, 3.05) is 18.4 Å². The van der Waals surface area contributed by atoms with E-state index in [0.717, 1.165) is 0 Å². The van der Waals surface area contributed by atoms with Gasteiger partial charge in [0.15, 0.2) is 0 Å². The molecule has 1 amide bonds. The van der Waals surface area contributed by atoms with E-state index in [-0.39, 0.29) is 11.5 Å². The zero-order valence-corrected chi connectivity index (χ0v) is 8.86. The summed E-state index contributed by atoms with van der Waals surface area (Å²) in [5, 5.41) is 14.4. The van der Waals surface area contributed by atoms with Crippen LogP contribution in [0.25, 0.3) is 0 Å². The van der Waals surface area contributed by atoms with Gasteiger partial charge in [-0.25, -0.2) is 4.79 Å². The van der Waals surface area contributed by atoms with Gasteiger partial charge in [0, 0.05) is 32.4 Å². The lowest BCUT2D eigenvalue weighted by atomic mass is 10.2. The maximum atomic E-state index is 10.8. The van der Waals surface area contributed by atoms with Gasteiger partial charge in [-0.15, -0.1) is 0 Å². The summed E-state index contributed by atoms with van der Waals surface area (Å²) >= 11 is 0. The Balaban J connectivity index is 2.53. The van der Waals surface area contributed by atoms with Crippen LogP contribution in [0, 0.1) is 0 Å². The molecule has 0 aromatic carbocycles. The Morgan fingerprint density at radius 3 is 2.81 bits per heavy atom. The van der Waals surface area contributed by atoms with Crippen LogP contribution in [0.1, 0.15) is 17.3 Å². The molecule has 16 heavy (non-hydrogen) atoms. The van der Waals surface area contributed by atoms with Gasteiger partial charge in [-0.05, 0) is 6.07 Å². The van der Waals surface area contributed by atoms with Crippen molar-refractivity contribution in [2.45, 2.75) is 6.92 Å². The van der Waals surface area contributed by atoms with Crippen LogP contribution in [-0.4, -0.2) is 35.1 Å². The third-order valence-corrected chi connectivity index (χ3v) is 1.87. The molecular formula is C10H13N3O3. The third-order valence-electron chi connectivity index (χ3n) is 1.87. The van der Waals surface area contributed by atoms with Gasteiger partial charge in [-0.1, -0.05) is 0 Å². The molecule has 0 spiro atoms. The number of carboxylic acid groups (broad SMARTS) is 1. The number of hydrogen-bond donors (Lipinski definition) is 3. The molecule has 1 rings (SSSR count). The number of anilines is 1. The molecule has 1 aromatic heterocycles. The normalized spacial score (nSPS) is 9.56. The van der Waals surface area contributed by atoms with E-state index >= 15 is 0 Å². The summed E-state index contributed by atoms with van der Waals surface area (Å²) in [7, 11) is 0. The highest BCUT2D eigenvalue weighted by atomic mass is 16.4. The average Bonchev–Trinajstić information content (AvgIpc) is 2.24. The number of pyridine rings is 1. The number of aromatic carboxylic acids is 1. The number of carboxylic acids is 1. The second kappa shape index (κ2) is 5.69. The molecule has 0 fully saturated rings. The van der Waals surface area contributed by atoms with Crippen molar-refractivity contribution in [1.29, 1.82) is 0 Å². The smallest absolute Gasteiger partial charge is 0.339 e. The summed E-state index contributed by atoms with van der Waals surface area (Å²) in [6, 6.07) is 1.58. The van der Waals surface area contributed by atoms with Crippen LogP contribution in [-0.2, 0) is 4.79 Å². The molecule has 0 atom stereocenters. The van der Waals surface area contributed by atoms with E-state index in [2.05, 4.69) is 15.6 Å². The van der Waals surface area contributed by atoms with Crippen LogP contribution in [0.3, 0.4) is 0 Å². The number of carbonyl (C=O) groups is 2. The fraction of sp³-hybridized carbons (Fsp3) is 0.300. The van der Waals surface area contributed by atoms with E-state index in [4.69, 9.17) is 5.11 Å². The molecule has 6 nitrogen and oxygen atoms in total. The van der Waals surface area contributed by atoms with Gasteiger partial charge in [0.05, 0.1) is 5.69 Å². The van der Waals surface area contributed by atoms with Gasteiger partial charge in [-0.2, -0.15) is 0 Å². The number of rotatable bonds is 5. The first-order valence-electron chi connectivity index (χ1n) is 4.77. The van der Waals surface area contributed by atoms with Gasteiger partial charge in [0.25, 0.3) is 0 Å². The van der Waals surface area contributed by atoms with Gasteiger partial charge >= 0.3 is 5.97 Å². The van der Waals surface area contributed by atoms with E-state index in [1.165, 1.54) is 19.3 Å². The second-order valence-electron chi connectivity index (χ2n) is 3.14. The molecule has 0 aliphatic heterocycles.